The molecule has 1 saturated heterocycles. The van der Waals surface area contributed by atoms with Crippen LogP contribution in [0.1, 0.15) is 32.1 Å². The van der Waals surface area contributed by atoms with E-state index in [1.165, 1.54) is 0 Å². The average Bonchev–Trinajstić information content (AvgIpc) is 2.47. The van der Waals surface area contributed by atoms with E-state index in [9.17, 15) is 4.79 Å². The zero-order valence-electron chi connectivity index (χ0n) is 9.55. The fraction of sp³-hybridized carbons (Fsp3) is 0.909. The fourth-order valence-corrected chi connectivity index (χ4v) is 1.84. The number of methoxy groups -OCH3 is 1. The summed E-state index contributed by atoms with van der Waals surface area (Å²) in [5.74, 6) is 0.166. The number of hydrogen-bond acceptors (Lipinski definition) is 3. The Bertz CT molecular complexity index is 177. The standard InChI is InChI=1S/C11H22N2O2/c1-15-9-3-5-11(14)13-10-4-2-7-12-8-6-10/h10,12H,2-9H2,1H3,(H,13,14). The Morgan fingerprint density at radius 1 is 1.47 bits per heavy atom. The van der Waals surface area contributed by atoms with Crippen molar-refractivity contribution < 1.29 is 9.53 Å². The van der Waals surface area contributed by atoms with Crippen LogP contribution in [0.5, 0.6) is 0 Å². The molecule has 1 aliphatic rings. The maximum absolute atomic E-state index is 11.5. The second-order valence-electron chi connectivity index (χ2n) is 4.04. The Labute approximate surface area is 91.8 Å². The van der Waals surface area contributed by atoms with Gasteiger partial charge < -0.3 is 15.4 Å². The lowest BCUT2D eigenvalue weighted by Crippen LogP contribution is -2.35. The Balaban J connectivity index is 2.12. The van der Waals surface area contributed by atoms with Crippen molar-refractivity contribution in [3.05, 3.63) is 0 Å². The molecule has 0 aliphatic carbocycles. The maximum atomic E-state index is 11.5. The Hall–Kier alpha value is -0.610. The molecule has 15 heavy (non-hydrogen) atoms. The molecule has 0 aromatic heterocycles. The Kier molecular flexibility index (Phi) is 6.36. The van der Waals surface area contributed by atoms with Gasteiger partial charge in [-0.3, -0.25) is 4.79 Å². The van der Waals surface area contributed by atoms with Crippen LogP contribution in [0.25, 0.3) is 0 Å². The molecule has 0 aromatic carbocycles. The fourth-order valence-electron chi connectivity index (χ4n) is 1.84. The minimum atomic E-state index is 0.166. The minimum absolute atomic E-state index is 0.166. The quantitative estimate of drug-likeness (QED) is 0.661. The number of hydrogen-bond donors (Lipinski definition) is 2. The van der Waals surface area contributed by atoms with E-state index < -0.39 is 0 Å². The third kappa shape index (κ3) is 5.74. The molecular formula is C11H22N2O2. The zero-order chi connectivity index (χ0) is 10.9. The van der Waals surface area contributed by atoms with Gasteiger partial charge in [-0.1, -0.05) is 0 Å². The molecule has 4 heteroatoms. The van der Waals surface area contributed by atoms with Gasteiger partial charge in [0.25, 0.3) is 0 Å². The van der Waals surface area contributed by atoms with Crippen molar-refractivity contribution in [3.63, 3.8) is 0 Å². The molecule has 4 nitrogen and oxygen atoms in total. The maximum Gasteiger partial charge on any atom is 0.220 e. The SMILES string of the molecule is COCCCC(=O)NC1CCCNCC1. The van der Waals surface area contributed by atoms with Crippen molar-refractivity contribution in [3.8, 4) is 0 Å². The summed E-state index contributed by atoms with van der Waals surface area (Å²) < 4.78 is 4.91. The van der Waals surface area contributed by atoms with Crippen LogP contribution in [0.2, 0.25) is 0 Å². The normalized spacial score (nSPS) is 22.1. The van der Waals surface area contributed by atoms with Crippen molar-refractivity contribution in [1.29, 1.82) is 0 Å². The molecule has 1 heterocycles. The van der Waals surface area contributed by atoms with E-state index in [2.05, 4.69) is 10.6 Å². The van der Waals surface area contributed by atoms with E-state index in [-0.39, 0.29) is 5.91 Å². The van der Waals surface area contributed by atoms with Gasteiger partial charge in [-0.25, -0.2) is 0 Å². The first-order valence-corrected chi connectivity index (χ1v) is 5.82. The van der Waals surface area contributed by atoms with E-state index in [1.807, 2.05) is 0 Å². The second kappa shape index (κ2) is 7.65. The molecule has 1 unspecified atom stereocenters. The van der Waals surface area contributed by atoms with Crippen molar-refractivity contribution in [1.82, 2.24) is 10.6 Å². The van der Waals surface area contributed by atoms with Crippen molar-refractivity contribution in [2.45, 2.75) is 38.1 Å². The van der Waals surface area contributed by atoms with Gasteiger partial charge in [0, 0.05) is 26.2 Å². The Morgan fingerprint density at radius 3 is 3.13 bits per heavy atom. The molecule has 88 valence electrons. The molecular weight excluding hydrogens is 192 g/mol. The molecule has 1 aliphatic heterocycles. The lowest BCUT2D eigenvalue weighted by Gasteiger charge is -2.15. The van der Waals surface area contributed by atoms with Gasteiger partial charge in [0.15, 0.2) is 0 Å². The molecule has 2 N–H and O–H groups in total. The number of rotatable bonds is 5. The summed E-state index contributed by atoms with van der Waals surface area (Å²) >= 11 is 0. The van der Waals surface area contributed by atoms with Gasteiger partial charge in [-0.2, -0.15) is 0 Å². The second-order valence-corrected chi connectivity index (χ2v) is 4.04. The van der Waals surface area contributed by atoms with E-state index >= 15 is 0 Å². The van der Waals surface area contributed by atoms with Gasteiger partial charge in [0.05, 0.1) is 0 Å². The average molecular weight is 214 g/mol. The van der Waals surface area contributed by atoms with Crippen LogP contribution in [-0.2, 0) is 9.53 Å². The molecule has 1 rings (SSSR count). The number of carbonyl (C=O) groups excluding carboxylic acids is 1. The monoisotopic (exact) mass is 214 g/mol. The van der Waals surface area contributed by atoms with E-state index in [0.29, 0.717) is 19.1 Å². The largest absolute Gasteiger partial charge is 0.385 e. The lowest BCUT2D eigenvalue weighted by molar-refractivity contribution is -0.122. The molecule has 1 fully saturated rings. The first kappa shape index (κ1) is 12.5. The summed E-state index contributed by atoms with van der Waals surface area (Å²) in [4.78, 5) is 11.5. The highest BCUT2D eigenvalue weighted by Crippen LogP contribution is 2.05. The highest BCUT2D eigenvalue weighted by Gasteiger charge is 2.13. The summed E-state index contributed by atoms with van der Waals surface area (Å²) in [5, 5.41) is 6.41. The van der Waals surface area contributed by atoms with E-state index in [4.69, 9.17) is 4.74 Å². The van der Waals surface area contributed by atoms with Crippen LogP contribution >= 0.6 is 0 Å². The van der Waals surface area contributed by atoms with Crippen LogP contribution in [0.3, 0.4) is 0 Å². The van der Waals surface area contributed by atoms with E-state index in [1.54, 1.807) is 7.11 Å². The van der Waals surface area contributed by atoms with Gasteiger partial charge in [-0.05, 0) is 38.8 Å². The molecule has 0 radical (unpaired) electrons. The predicted octanol–water partition coefficient (Wildman–Crippen LogP) is 0.671. The lowest BCUT2D eigenvalue weighted by atomic mass is 10.1. The minimum Gasteiger partial charge on any atom is -0.385 e. The summed E-state index contributed by atoms with van der Waals surface area (Å²) in [6.45, 7) is 2.76. The van der Waals surface area contributed by atoms with Gasteiger partial charge in [0.1, 0.15) is 0 Å². The number of carbonyl (C=O) groups is 1. The topological polar surface area (TPSA) is 50.4 Å². The van der Waals surface area contributed by atoms with Crippen LogP contribution in [0.15, 0.2) is 0 Å². The van der Waals surface area contributed by atoms with Crippen molar-refractivity contribution >= 4 is 5.91 Å². The molecule has 0 aromatic rings. The number of ether oxygens (including phenoxy) is 1. The smallest absolute Gasteiger partial charge is 0.220 e. The first-order valence-electron chi connectivity index (χ1n) is 5.82. The molecule has 0 spiro atoms. The third-order valence-electron chi connectivity index (χ3n) is 2.69. The summed E-state index contributed by atoms with van der Waals surface area (Å²) in [6.07, 6.45) is 4.70. The van der Waals surface area contributed by atoms with Crippen LogP contribution in [0, 0.1) is 0 Å². The van der Waals surface area contributed by atoms with Gasteiger partial charge >= 0.3 is 0 Å². The molecule has 1 atom stereocenters. The van der Waals surface area contributed by atoms with Crippen molar-refractivity contribution in [2.24, 2.45) is 0 Å². The van der Waals surface area contributed by atoms with Gasteiger partial charge in [-0.15, -0.1) is 0 Å². The van der Waals surface area contributed by atoms with Crippen LogP contribution in [0.4, 0.5) is 0 Å². The highest BCUT2D eigenvalue weighted by atomic mass is 16.5. The summed E-state index contributed by atoms with van der Waals surface area (Å²) in [6, 6.07) is 0.370. The van der Waals surface area contributed by atoms with E-state index in [0.717, 1.165) is 38.8 Å². The number of amides is 1. The molecule has 0 saturated carbocycles. The summed E-state index contributed by atoms with van der Waals surface area (Å²) in [5.41, 5.74) is 0. The Morgan fingerprint density at radius 2 is 2.33 bits per heavy atom. The zero-order valence-corrected chi connectivity index (χ0v) is 9.55. The van der Waals surface area contributed by atoms with Crippen LogP contribution in [-0.4, -0.2) is 38.8 Å². The number of nitrogens with one attached hydrogen (secondary N) is 2. The third-order valence-corrected chi connectivity index (χ3v) is 2.69. The predicted molar refractivity (Wildman–Crippen MR) is 59.8 cm³/mol. The first-order chi connectivity index (χ1) is 7.33. The highest BCUT2D eigenvalue weighted by molar-refractivity contribution is 5.76. The molecule has 1 amide bonds. The molecule has 0 bridgehead atoms. The van der Waals surface area contributed by atoms with Gasteiger partial charge in [0.2, 0.25) is 5.91 Å². The summed E-state index contributed by atoms with van der Waals surface area (Å²) in [7, 11) is 1.66. The van der Waals surface area contributed by atoms with Crippen LogP contribution < -0.4 is 10.6 Å². The van der Waals surface area contributed by atoms with Crippen molar-refractivity contribution in [2.75, 3.05) is 26.8 Å².